The minimum atomic E-state index is 0. The molecule has 1 aliphatic rings. The summed E-state index contributed by atoms with van der Waals surface area (Å²) in [5.74, 6) is 0. The molecule has 0 aliphatic carbocycles. The number of hydrogen-bond acceptors (Lipinski definition) is 1. The molecule has 0 unspecified atom stereocenters. The summed E-state index contributed by atoms with van der Waals surface area (Å²) in [6, 6.07) is 0.228. The van der Waals surface area contributed by atoms with Gasteiger partial charge in [-0.15, -0.1) is 6.04 Å². The minimum absolute atomic E-state index is 0. The normalized spacial score (nSPS) is 21.0. The minimum Gasteiger partial charge on any atom is -0.675 e. The summed E-state index contributed by atoms with van der Waals surface area (Å²) < 4.78 is 0. The standard InChI is InChI=1S/C6H13N2.CH3.K/c1-8-4-2-6(7)3-5-8;;/h6-7H,2-5H2,1H3;1H3;/q2*-1;+1. The molecular weight excluding hydrogens is 151 g/mol. The fraction of sp³-hybridized carbons (Fsp3) is 0.857. The predicted molar refractivity (Wildman–Crippen MR) is 41.3 cm³/mol. The Morgan fingerprint density at radius 2 is 1.70 bits per heavy atom. The molecule has 0 atom stereocenters. The topological polar surface area (TPSA) is 27.0 Å². The van der Waals surface area contributed by atoms with Crippen LogP contribution in [0, 0.1) is 7.43 Å². The second-order valence-corrected chi connectivity index (χ2v) is 2.58. The SMILES string of the molecule is CN1CCC([NH-])CC1.[CH3-].[K+]. The monoisotopic (exact) mass is 167 g/mol. The van der Waals surface area contributed by atoms with Crippen molar-refractivity contribution in [2.75, 3.05) is 20.1 Å². The van der Waals surface area contributed by atoms with Gasteiger partial charge in [0.1, 0.15) is 0 Å². The van der Waals surface area contributed by atoms with Gasteiger partial charge in [-0.1, -0.05) is 12.8 Å². The van der Waals surface area contributed by atoms with Crippen molar-refractivity contribution in [2.45, 2.75) is 18.9 Å². The van der Waals surface area contributed by atoms with Crippen molar-refractivity contribution in [2.24, 2.45) is 0 Å². The second-order valence-electron chi connectivity index (χ2n) is 2.58. The molecule has 1 heterocycles. The average molecular weight is 167 g/mol. The molecular formula is C7H16KN2-. The Bertz CT molecular complexity index is 60.0. The molecule has 0 radical (unpaired) electrons. The molecule has 1 fully saturated rings. The predicted octanol–water partition coefficient (Wildman–Crippen LogP) is -1.41. The zero-order valence-corrected chi connectivity index (χ0v) is 10.5. The Labute approximate surface area is 107 Å². The molecule has 2 nitrogen and oxygen atoms in total. The molecule has 1 rings (SSSR count). The third-order valence-electron chi connectivity index (χ3n) is 1.72. The van der Waals surface area contributed by atoms with Gasteiger partial charge in [-0.3, -0.25) is 0 Å². The van der Waals surface area contributed by atoms with Crippen LogP contribution < -0.4 is 51.4 Å². The third kappa shape index (κ3) is 5.24. The van der Waals surface area contributed by atoms with Crippen molar-refractivity contribution in [1.29, 1.82) is 0 Å². The van der Waals surface area contributed by atoms with Gasteiger partial charge in [-0.05, 0) is 20.1 Å². The van der Waals surface area contributed by atoms with Crippen molar-refractivity contribution in [3.8, 4) is 0 Å². The number of nitrogens with one attached hydrogen (secondary N) is 1. The average Bonchev–Trinajstić information content (AvgIpc) is 1.77. The maximum absolute atomic E-state index is 7.34. The van der Waals surface area contributed by atoms with E-state index >= 15 is 0 Å². The summed E-state index contributed by atoms with van der Waals surface area (Å²) in [6.07, 6.45) is 2.13. The van der Waals surface area contributed by atoms with Crippen LogP contribution >= 0.6 is 0 Å². The maximum Gasteiger partial charge on any atom is 1.00 e. The summed E-state index contributed by atoms with van der Waals surface area (Å²) in [7, 11) is 2.12. The van der Waals surface area contributed by atoms with Crippen molar-refractivity contribution in [1.82, 2.24) is 4.90 Å². The van der Waals surface area contributed by atoms with Crippen molar-refractivity contribution in [3.63, 3.8) is 0 Å². The maximum atomic E-state index is 7.34. The Morgan fingerprint density at radius 1 is 1.30 bits per heavy atom. The van der Waals surface area contributed by atoms with Crippen molar-refractivity contribution >= 4 is 0 Å². The van der Waals surface area contributed by atoms with Crippen LogP contribution in [0.3, 0.4) is 0 Å². The molecule has 1 aliphatic heterocycles. The molecule has 0 spiro atoms. The first-order chi connectivity index (χ1) is 3.79. The van der Waals surface area contributed by atoms with Crippen LogP contribution in [0.2, 0.25) is 0 Å². The van der Waals surface area contributed by atoms with E-state index in [9.17, 15) is 0 Å². The fourth-order valence-electron chi connectivity index (χ4n) is 1.01. The van der Waals surface area contributed by atoms with Gasteiger partial charge in [-0.25, -0.2) is 0 Å². The van der Waals surface area contributed by atoms with E-state index < -0.39 is 0 Å². The molecule has 56 valence electrons. The van der Waals surface area contributed by atoms with Crippen LogP contribution in [0.25, 0.3) is 5.73 Å². The molecule has 3 heteroatoms. The van der Waals surface area contributed by atoms with Crippen LogP contribution in [0.4, 0.5) is 0 Å². The zero-order chi connectivity index (χ0) is 5.98. The molecule has 0 bridgehead atoms. The summed E-state index contributed by atoms with van der Waals surface area (Å²) in [5.41, 5.74) is 7.34. The van der Waals surface area contributed by atoms with Crippen LogP contribution in [0.5, 0.6) is 0 Å². The quantitative estimate of drug-likeness (QED) is 0.322. The fourth-order valence-corrected chi connectivity index (χ4v) is 1.01. The van der Waals surface area contributed by atoms with Gasteiger partial charge in [0.15, 0.2) is 0 Å². The molecule has 10 heavy (non-hydrogen) atoms. The van der Waals surface area contributed by atoms with E-state index in [4.69, 9.17) is 5.73 Å². The molecule has 0 amide bonds. The Hall–Kier alpha value is 1.56. The van der Waals surface area contributed by atoms with Crippen LogP contribution in [0.15, 0.2) is 0 Å². The Balaban J connectivity index is 0. The second kappa shape index (κ2) is 7.22. The van der Waals surface area contributed by atoms with Crippen molar-refractivity contribution in [3.05, 3.63) is 13.2 Å². The van der Waals surface area contributed by atoms with Gasteiger partial charge in [-0.2, -0.15) is 0 Å². The number of rotatable bonds is 0. The molecule has 0 aromatic carbocycles. The summed E-state index contributed by atoms with van der Waals surface area (Å²) in [5, 5.41) is 0. The third-order valence-corrected chi connectivity index (χ3v) is 1.72. The largest absolute Gasteiger partial charge is 1.00 e. The van der Waals surface area contributed by atoms with E-state index in [-0.39, 0.29) is 64.9 Å². The van der Waals surface area contributed by atoms with E-state index in [2.05, 4.69) is 11.9 Å². The van der Waals surface area contributed by atoms with Crippen LogP contribution in [-0.4, -0.2) is 31.1 Å². The van der Waals surface area contributed by atoms with E-state index in [1.807, 2.05) is 0 Å². The van der Waals surface area contributed by atoms with Gasteiger partial charge in [0.2, 0.25) is 0 Å². The van der Waals surface area contributed by atoms with E-state index in [1.54, 1.807) is 0 Å². The smallest absolute Gasteiger partial charge is 0.675 e. The number of likely N-dealkylation sites (tertiary alicyclic amines) is 1. The van der Waals surface area contributed by atoms with Gasteiger partial charge < -0.3 is 18.1 Å². The molecule has 0 saturated carbocycles. The molecule has 0 aromatic heterocycles. The summed E-state index contributed by atoms with van der Waals surface area (Å²) in [4.78, 5) is 2.28. The molecule has 0 aromatic rings. The number of hydrogen-bond donors (Lipinski definition) is 0. The van der Waals surface area contributed by atoms with Crippen LogP contribution in [0.1, 0.15) is 12.8 Å². The summed E-state index contributed by atoms with van der Waals surface area (Å²) >= 11 is 0. The molecule has 1 N–H and O–H groups in total. The van der Waals surface area contributed by atoms with Gasteiger partial charge in [0, 0.05) is 0 Å². The first-order valence-corrected chi connectivity index (χ1v) is 3.18. The number of piperidine rings is 1. The van der Waals surface area contributed by atoms with Gasteiger partial charge in [0.05, 0.1) is 0 Å². The zero-order valence-electron chi connectivity index (χ0n) is 7.35. The van der Waals surface area contributed by atoms with Crippen LogP contribution in [-0.2, 0) is 0 Å². The summed E-state index contributed by atoms with van der Waals surface area (Å²) in [6.45, 7) is 2.24. The van der Waals surface area contributed by atoms with E-state index in [0.717, 1.165) is 25.9 Å². The van der Waals surface area contributed by atoms with E-state index in [0.29, 0.717) is 0 Å². The number of nitrogens with zero attached hydrogens (tertiary/aromatic N) is 1. The first kappa shape index (κ1) is 14.1. The van der Waals surface area contributed by atoms with Gasteiger partial charge in [0.25, 0.3) is 0 Å². The van der Waals surface area contributed by atoms with Crippen molar-refractivity contribution < 1.29 is 51.4 Å². The Morgan fingerprint density at radius 3 is 2.00 bits per heavy atom. The molecule has 1 saturated heterocycles. The van der Waals surface area contributed by atoms with Gasteiger partial charge >= 0.3 is 51.4 Å². The first-order valence-electron chi connectivity index (χ1n) is 3.18. The van der Waals surface area contributed by atoms with E-state index in [1.165, 1.54) is 0 Å². The Kier molecular flexibility index (Phi) is 10.2.